The Bertz CT molecular complexity index is 1080. The standard InChI is InChI=1S/C19H18N6O3S/c1-26-14-8-5-9-15(10-14)27-11-16-21-24-19(25(16)20)29-12-17-22-23-18(28-17)13-6-3-2-4-7-13/h2-10H,11-12,20H2,1H3. The number of thioether (sulfide) groups is 1. The molecule has 0 amide bonds. The number of benzene rings is 2. The Labute approximate surface area is 170 Å². The van der Waals surface area contributed by atoms with Crippen LogP contribution < -0.4 is 15.3 Å². The van der Waals surface area contributed by atoms with Gasteiger partial charge in [0.1, 0.15) is 18.1 Å². The highest BCUT2D eigenvalue weighted by Crippen LogP contribution is 2.24. The predicted molar refractivity (Wildman–Crippen MR) is 107 cm³/mol. The van der Waals surface area contributed by atoms with E-state index in [-0.39, 0.29) is 6.61 Å². The minimum Gasteiger partial charge on any atom is -0.497 e. The number of hydrogen-bond acceptors (Lipinski definition) is 9. The molecule has 29 heavy (non-hydrogen) atoms. The van der Waals surface area contributed by atoms with Crippen LogP contribution in [0.1, 0.15) is 11.7 Å². The van der Waals surface area contributed by atoms with Gasteiger partial charge in [0.25, 0.3) is 0 Å². The second-order valence-electron chi connectivity index (χ2n) is 5.89. The van der Waals surface area contributed by atoms with Crippen LogP contribution in [0.15, 0.2) is 64.2 Å². The average molecular weight is 410 g/mol. The molecule has 4 rings (SSSR count). The second kappa shape index (κ2) is 8.65. The van der Waals surface area contributed by atoms with E-state index in [4.69, 9.17) is 19.7 Å². The van der Waals surface area contributed by atoms with Crippen LogP contribution in [0, 0.1) is 0 Å². The molecule has 0 aliphatic rings. The van der Waals surface area contributed by atoms with Gasteiger partial charge in [-0.3, -0.25) is 0 Å². The number of nitrogens with zero attached hydrogens (tertiary/aromatic N) is 5. The lowest BCUT2D eigenvalue weighted by atomic mass is 10.2. The molecule has 9 nitrogen and oxygen atoms in total. The number of rotatable bonds is 8. The van der Waals surface area contributed by atoms with E-state index in [9.17, 15) is 0 Å². The normalized spacial score (nSPS) is 10.8. The molecule has 0 atom stereocenters. The van der Waals surface area contributed by atoms with Crippen LogP contribution in [0.25, 0.3) is 11.5 Å². The van der Waals surface area contributed by atoms with E-state index in [0.717, 1.165) is 5.56 Å². The number of methoxy groups -OCH3 is 1. The zero-order chi connectivity index (χ0) is 20.1. The Morgan fingerprint density at radius 3 is 2.66 bits per heavy atom. The van der Waals surface area contributed by atoms with Gasteiger partial charge in [-0.15, -0.1) is 20.4 Å². The first-order valence-corrected chi connectivity index (χ1v) is 9.68. The van der Waals surface area contributed by atoms with E-state index >= 15 is 0 Å². The molecular formula is C19H18N6O3S. The topological polar surface area (TPSA) is 114 Å². The lowest BCUT2D eigenvalue weighted by Gasteiger charge is -2.07. The third kappa shape index (κ3) is 4.49. The third-order valence-electron chi connectivity index (χ3n) is 3.96. The van der Waals surface area contributed by atoms with E-state index in [1.807, 2.05) is 48.5 Å². The molecule has 0 saturated carbocycles. The molecule has 2 N–H and O–H groups in total. The first-order chi connectivity index (χ1) is 14.2. The highest BCUT2D eigenvalue weighted by Gasteiger charge is 2.14. The van der Waals surface area contributed by atoms with Crippen LogP contribution in [0.5, 0.6) is 11.5 Å². The summed E-state index contributed by atoms with van der Waals surface area (Å²) in [5.74, 6) is 9.31. The van der Waals surface area contributed by atoms with Gasteiger partial charge in [0.05, 0.1) is 12.9 Å². The maximum Gasteiger partial charge on any atom is 0.247 e. The molecule has 2 aromatic carbocycles. The summed E-state index contributed by atoms with van der Waals surface area (Å²) in [5.41, 5.74) is 0.871. The summed E-state index contributed by atoms with van der Waals surface area (Å²) in [4.78, 5) is 0. The number of aromatic nitrogens is 5. The minimum atomic E-state index is 0.177. The lowest BCUT2D eigenvalue weighted by Crippen LogP contribution is -2.15. The molecule has 0 aliphatic carbocycles. The summed E-state index contributed by atoms with van der Waals surface area (Å²) in [5, 5.41) is 16.8. The Morgan fingerprint density at radius 1 is 1.00 bits per heavy atom. The van der Waals surface area contributed by atoms with Gasteiger partial charge in [0.15, 0.2) is 5.82 Å². The zero-order valence-corrected chi connectivity index (χ0v) is 16.4. The van der Waals surface area contributed by atoms with Crippen LogP contribution in [0.3, 0.4) is 0 Å². The highest BCUT2D eigenvalue weighted by atomic mass is 32.2. The molecule has 0 saturated heterocycles. The van der Waals surface area contributed by atoms with Crippen LogP contribution in [0.2, 0.25) is 0 Å². The summed E-state index contributed by atoms with van der Waals surface area (Å²) in [6.07, 6.45) is 0. The SMILES string of the molecule is COc1cccc(OCc2nnc(SCc3nnc(-c4ccccc4)o3)n2N)c1. The van der Waals surface area contributed by atoms with Gasteiger partial charge in [-0.05, 0) is 24.3 Å². The summed E-state index contributed by atoms with van der Waals surface area (Å²) in [6, 6.07) is 16.9. The van der Waals surface area contributed by atoms with Crippen molar-refractivity contribution in [2.24, 2.45) is 0 Å². The Balaban J connectivity index is 1.36. The quantitative estimate of drug-likeness (QED) is 0.346. The van der Waals surface area contributed by atoms with Crippen molar-refractivity contribution >= 4 is 11.8 Å². The average Bonchev–Trinajstić information content (AvgIpc) is 3.38. The Kier molecular flexibility index (Phi) is 5.61. The molecule has 0 aliphatic heterocycles. The predicted octanol–water partition coefficient (Wildman–Crippen LogP) is 2.92. The number of ether oxygens (including phenoxy) is 2. The minimum absolute atomic E-state index is 0.177. The molecule has 148 valence electrons. The van der Waals surface area contributed by atoms with Gasteiger partial charge in [0.2, 0.25) is 16.9 Å². The van der Waals surface area contributed by atoms with Crippen molar-refractivity contribution in [2.45, 2.75) is 17.5 Å². The van der Waals surface area contributed by atoms with Crippen molar-refractivity contribution in [1.82, 2.24) is 25.1 Å². The highest BCUT2D eigenvalue weighted by molar-refractivity contribution is 7.98. The first kappa shape index (κ1) is 18.8. The van der Waals surface area contributed by atoms with Gasteiger partial charge in [-0.2, -0.15) is 0 Å². The van der Waals surface area contributed by atoms with Crippen molar-refractivity contribution in [3.63, 3.8) is 0 Å². The van der Waals surface area contributed by atoms with Crippen molar-refractivity contribution < 1.29 is 13.9 Å². The summed E-state index contributed by atoms with van der Waals surface area (Å²) in [7, 11) is 1.60. The third-order valence-corrected chi connectivity index (χ3v) is 4.88. The molecule has 0 fully saturated rings. The fourth-order valence-corrected chi connectivity index (χ4v) is 3.19. The van der Waals surface area contributed by atoms with E-state index in [1.54, 1.807) is 13.2 Å². The number of nitrogen functional groups attached to an aromatic ring is 1. The van der Waals surface area contributed by atoms with Crippen molar-refractivity contribution in [3.8, 4) is 23.0 Å². The fourth-order valence-electron chi connectivity index (χ4n) is 2.48. The summed E-state index contributed by atoms with van der Waals surface area (Å²) < 4.78 is 18.0. The lowest BCUT2D eigenvalue weighted by molar-refractivity contribution is 0.289. The van der Waals surface area contributed by atoms with E-state index in [2.05, 4.69) is 20.4 Å². The van der Waals surface area contributed by atoms with Crippen LogP contribution in [-0.4, -0.2) is 32.2 Å². The smallest absolute Gasteiger partial charge is 0.247 e. The molecule has 0 radical (unpaired) electrons. The van der Waals surface area contributed by atoms with Crippen molar-refractivity contribution in [3.05, 3.63) is 66.3 Å². The van der Waals surface area contributed by atoms with Gasteiger partial charge in [-0.25, -0.2) is 4.68 Å². The first-order valence-electron chi connectivity index (χ1n) is 8.70. The maximum atomic E-state index is 6.08. The Hall–Kier alpha value is -3.53. The molecule has 0 bridgehead atoms. The number of hydrogen-bond donors (Lipinski definition) is 1. The van der Waals surface area contributed by atoms with Crippen LogP contribution >= 0.6 is 11.8 Å². The largest absolute Gasteiger partial charge is 0.497 e. The zero-order valence-electron chi connectivity index (χ0n) is 15.6. The summed E-state index contributed by atoms with van der Waals surface area (Å²) >= 11 is 1.35. The molecule has 2 heterocycles. The van der Waals surface area contributed by atoms with Crippen molar-refractivity contribution in [1.29, 1.82) is 0 Å². The monoisotopic (exact) mass is 410 g/mol. The molecule has 0 spiro atoms. The van der Waals surface area contributed by atoms with Crippen molar-refractivity contribution in [2.75, 3.05) is 13.0 Å². The molecular weight excluding hydrogens is 392 g/mol. The van der Waals surface area contributed by atoms with Gasteiger partial charge in [-0.1, -0.05) is 36.0 Å². The van der Waals surface area contributed by atoms with Crippen LogP contribution in [-0.2, 0) is 12.4 Å². The van der Waals surface area contributed by atoms with E-state index in [0.29, 0.717) is 40.0 Å². The van der Waals surface area contributed by atoms with Crippen LogP contribution in [0.4, 0.5) is 0 Å². The Morgan fingerprint density at radius 2 is 1.83 bits per heavy atom. The molecule has 10 heteroatoms. The molecule has 0 unspecified atom stereocenters. The summed E-state index contributed by atoms with van der Waals surface area (Å²) in [6.45, 7) is 0.177. The molecule has 2 aromatic heterocycles. The maximum absolute atomic E-state index is 6.08. The fraction of sp³-hybridized carbons (Fsp3) is 0.158. The molecule has 4 aromatic rings. The van der Waals surface area contributed by atoms with Gasteiger partial charge >= 0.3 is 0 Å². The van der Waals surface area contributed by atoms with E-state index < -0.39 is 0 Å². The number of nitrogens with two attached hydrogens (primary N) is 1. The van der Waals surface area contributed by atoms with E-state index in [1.165, 1.54) is 16.4 Å². The second-order valence-corrected chi connectivity index (χ2v) is 6.83. The van der Waals surface area contributed by atoms with Gasteiger partial charge < -0.3 is 19.7 Å². The van der Waals surface area contributed by atoms with Gasteiger partial charge in [0, 0.05) is 11.6 Å².